The Labute approximate surface area is 199 Å². The Bertz CT molecular complexity index is 1000. The summed E-state index contributed by atoms with van der Waals surface area (Å²) in [7, 11) is 0. The standard InChI is InChI=1S/C27H32F3N3O/c28-27(29,30)21-10-11-24-20(16-21)17-23(26(34)31-13-12-19-6-2-1-3-7-19)25-18-32(14-15-33(24)25)22-8-4-5-9-22/h1-3,6-7,10-11,16,22-23,25H,4-5,8-9,12-15,17-18H2,(H,31,34)/t23-,25-/m0/s1. The molecule has 4 nitrogen and oxygen atoms in total. The summed E-state index contributed by atoms with van der Waals surface area (Å²) in [6, 6.07) is 14.6. The first-order chi connectivity index (χ1) is 16.4. The van der Waals surface area contributed by atoms with Gasteiger partial charge in [-0.3, -0.25) is 9.69 Å². The zero-order valence-electron chi connectivity index (χ0n) is 19.4. The van der Waals surface area contributed by atoms with Crippen molar-refractivity contribution in [2.45, 2.75) is 56.8 Å². The summed E-state index contributed by atoms with van der Waals surface area (Å²) < 4.78 is 40.2. The maximum atomic E-state index is 13.4. The number of alkyl halides is 3. The van der Waals surface area contributed by atoms with Gasteiger partial charge in [-0.05, 0) is 55.0 Å². The monoisotopic (exact) mass is 471 g/mol. The molecule has 34 heavy (non-hydrogen) atoms. The summed E-state index contributed by atoms with van der Waals surface area (Å²) in [5, 5.41) is 3.09. The minimum Gasteiger partial charge on any atom is -0.365 e. The molecule has 5 rings (SSSR count). The number of nitrogens with one attached hydrogen (secondary N) is 1. The van der Waals surface area contributed by atoms with Gasteiger partial charge in [0.05, 0.1) is 17.5 Å². The number of hydrogen-bond acceptors (Lipinski definition) is 3. The third kappa shape index (κ3) is 4.81. The van der Waals surface area contributed by atoms with E-state index in [9.17, 15) is 18.0 Å². The van der Waals surface area contributed by atoms with E-state index in [0.29, 0.717) is 24.6 Å². The summed E-state index contributed by atoms with van der Waals surface area (Å²) in [4.78, 5) is 18.1. The van der Waals surface area contributed by atoms with Gasteiger partial charge in [0.2, 0.25) is 5.91 Å². The molecule has 0 spiro atoms. The van der Waals surface area contributed by atoms with Crippen molar-refractivity contribution in [3.05, 3.63) is 65.2 Å². The molecule has 2 fully saturated rings. The second kappa shape index (κ2) is 9.61. The van der Waals surface area contributed by atoms with Gasteiger partial charge in [-0.1, -0.05) is 43.2 Å². The topological polar surface area (TPSA) is 35.6 Å². The van der Waals surface area contributed by atoms with E-state index in [4.69, 9.17) is 0 Å². The molecule has 1 saturated heterocycles. The maximum absolute atomic E-state index is 13.4. The Balaban J connectivity index is 1.37. The maximum Gasteiger partial charge on any atom is 0.416 e. The lowest BCUT2D eigenvalue weighted by Gasteiger charge is -2.50. The van der Waals surface area contributed by atoms with Crippen LogP contribution in [-0.4, -0.2) is 49.1 Å². The van der Waals surface area contributed by atoms with Gasteiger partial charge in [0.1, 0.15) is 0 Å². The summed E-state index contributed by atoms with van der Waals surface area (Å²) in [6.45, 7) is 2.95. The molecule has 0 bridgehead atoms. The molecule has 2 aromatic carbocycles. The SMILES string of the molecule is O=C(NCCc1ccccc1)[C@H]1Cc2cc(C(F)(F)F)ccc2N2CCN(C3CCCC3)C[C@@H]12. The lowest BCUT2D eigenvalue weighted by molar-refractivity contribution is -0.137. The summed E-state index contributed by atoms with van der Waals surface area (Å²) in [5.41, 5.74) is 2.00. The fraction of sp³-hybridized carbons (Fsp3) is 0.519. The third-order valence-electron chi connectivity index (χ3n) is 7.80. The highest BCUT2D eigenvalue weighted by molar-refractivity contribution is 5.82. The van der Waals surface area contributed by atoms with Crippen LogP contribution in [0.2, 0.25) is 0 Å². The van der Waals surface area contributed by atoms with E-state index in [1.807, 2.05) is 30.3 Å². The molecule has 1 saturated carbocycles. The van der Waals surface area contributed by atoms with Crippen LogP contribution in [0.5, 0.6) is 0 Å². The van der Waals surface area contributed by atoms with Crippen LogP contribution in [0.15, 0.2) is 48.5 Å². The zero-order chi connectivity index (χ0) is 23.7. The number of anilines is 1. The van der Waals surface area contributed by atoms with Crippen LogP contribution < -0.4 is 10.2 Å². The molecule has 2 aliphatic heterocycles. The smallest absolute Gasteiger partial charge is 0.365 e. The number of piperazine rings is 1. The molecule has 2 atom stereocenters. The van der Waals surface area contributed by atoms with Gasteiger partial charge in [0.15, 0.2) is 0 Å². The number of fused-ring (bicyclic) bond motifs is 3. The molecule has 2 heterocycles. The number of nitrogens with zero attached hydrogens (tertiary/aromatic N) is 2. The molecule has 2 aromatic rings. The lowest BCUT2D eigenvalue weighted by atomic mass is 9.82. The second-order valence-corrected chi connectivity index (χ2v) is 9.87. The van der Waals surface area contributed by atoms with E-state index >= 15 is 0 Å². The predicted octanol–water partition coefficient (Wildman–Crippen LogP) is 4.67. The van der Waals surface area contributed by atoms with Gasteiger partial charge >= 0.3 is 6.18 Å². The van der Waals surface area contributed by atoms with Crippen molar-refractivity contribution >= 4 is 11.6 Å². The largest absolute Gasteiger partial charge is 0.416 e. The van der Waals surface area contributed by atoms with Gasteiger partial charge in [-0.25, -0.2) is 0 Å². The van der Waals surface area contributed by atoms with Gasteiger partial charge in [-0.15, -0.1) is 0 Å². The highest BCUT2D eigenvalue weighted by Gasteiger charge is 2.43. The minimum absolute atomic E-state index is 0.0182. The molecule has 1 aliphatic carbocycles. The van der Waals surface area contributed by atoms with E-state index in [2.05, 4.69) is 15.1 Å². The molecule has 0 aromatic heterocycles. The number of amides is 1. The first-order valence-electron chi connectivity index (χ1n) is 12.4. The van der Waals surface area contributed by atoms with Crippen molar-refractivity contribution in [2.24, 2.45) is 5.92 Å². The number of rotatable bonds is 5. The Morgan fingerprint density at radius 3 is 2.53 bits per heavy atom. The van der Waals surface area contributed by atoms with Crippen LogP contribution in [0, 0.1) is 5.92 Å². The average Bonchev–Trinajstić information content (AvgIpc) is 3.38. The van der Waals surface area contributed by atoms with E-state index in [1.54, 1.807) is 6.07 Å². The minimum atomic E-state index is -4.39. The molecular formula is C27H32F3N3O. The third-order valence-corrected chi connectivity index (χ3v) is 7.80. The van der Waals surface area contributed by atoms with E-state index in [-0.39, 0.29) is 17.9 Å². The number of hydrogen-bond donors (Lipinski definition) is 1. The first-order valence-corrected chi connectivity index (χ1v) is 12.4. The Morgan fingerprint density at radius 1 is 1.03 bits per heavy atom. The number of carbonyl (C=O) groups is 1. The normalized spacial score (nSPS) is 23.4. The molecule has 0 unspecified atom stereocenters. The first kappa shape index (κ1) is 23.2. The van der Waals surface area contributed by atoms with Gasteiger partial charge < -0.3 is 10.2 Å². The fourth-order valence-electron chi connectivity index (χ4n) is 6.03. The van der Waals surface area contributed by atoms with Crippen molar-refractivity contribution in [1.82, 2.24) is 10.2 Å². The predicted molar refractivity (Wildman–Crippen MR) is 127 cm³/mol. The van der Waals surface area contributed by atoms with Crippen molar-refractivity contribution in [2.75, 3.05) is 31.1 Å². The van der Waals surface area contributed by atoms with E-state index in [0.717, 1.165) is 37.3 Å². The fourth-order valence-corrected chi connectivity index (χ4v) is 6.03. The zero-order valence-corrected chi connectivity index (χ0v) is 19.4. The van der Waals surface area contributed by atoms with E-state index in [1.165, 1.54) is 37.8 Å². The number of benzene rings is 2. The molecule has 1 N–H and O–H groups in total. The van der Waals surface area contributed by atoms with Crippen LogP contribution in [-0.2, 0) is 23.8 Å². The van der Waals surface area contributed by atoms with Crippen LogP contribution in [0.25, 0.3) is 0 Å². The summed E-state index contributed by atoms with van der Waals surface area (Å²) >= 11 is 0. The average molecular weight is 472 g/mol. The van der Waals surface area contributed by atoms with Crippen LogP contribution in [0.3, 0.4) is 0 Å². The Kier molecular flexibility index (Phi) is 6.56. The van der Waals surface area contributed by atoms with E-state index < -0.39 is 11.7 Å². The van der Waals surface area contributed by atoms with Crippen molar-refractivity contribution in [3.8, 4) is 0 Å². The Morgan fingerprint density at radius 2 is 1.79 bits per heavy atom. The number of halogens is 3. The van der Waals surface area contributed by atoms with Crippen molar-refractivity contribution in [1.29, 1.82) is 0 Å². The molecule has 3 aliphatic rings. The van der Waals surface area contributed by atoms with Crippen LogP contribution in [0.4, 0.5) is 18.9 Å². The molecule has 7 heteroatoms. The Hall–Kier alpha value is -2.54. The molecule has 182 valence electrons. The lowest BCUT2D eigenvalue weighted by Crippen LogP contribution is -2.62. The number of carbonyl (C=O) groups excluding carboxylic acids is 1. The van der Waals surface area contributed by atoms with Gasteiger partial charge in [-0.2, -0.15) is 13.2 Å². The quantitative estimate of drug-likeness (QED) is 0.689. The van der Waals surface area contributed by atoms with Gasteiger partial charge in [0.25, 0.3) is 0 Å². The molecule has 0 radical (unpaired) electrons. The van der Waals surface area contributed by atoms with Crippen molar-refractivity contribution in [3.63, 3.8) is 0 Å². The molecular weight excluding hydrogens is 439 g/mol. The molecule has 1 amide bonds. The highest BCUT2D eigenvalue weighted by atomic mass is 19.4. The summed E-state index contributed by atoms with van der Waals surface area (Å²) in [6.07, 6.45) is 1.59. The van der Waals surface area contributed by atoms with Crippen LogP contribution in [0.1, 0.15) is 42.4 Å². The highest BCUT2D eigenvalue weighted by Crippen LogP contribution is 2.40. The van der Waals surface area contributed by atoms with Gasteiger partial charge in [0, 0.05) is 37.9 Å². The summed E-state index contributed by atoms with van der Waals surface area (Å²) in [5.74, 6) is -0.418. The second-order valence-electron chi connectivity index (χ2n) is 9.87. The van der Waals surface area contributed by atoms with Crippen LogP contribution >= 0.6 is 0 Å². The van der Waals surface area contributed by atoms with Crippen molar-refractivity contribution < 1.29 is 18.0 Å².